The number of aliphatic hydroxyl groups is 8. The molecule has 0 unspecified atom stereocenters. The van der Waals surface area contributed by atoms with Gasteiger partial charge in [-0.1, -0.05) is 0 Å². The highest BCUT2D eigenvalue weighted by atomic mass is 16.7. The average Bonchev–Trinajstić information content (AvgIpc) is 2.72. The van der Waals surface area contributed by atoms with E-state index in [0.717, 1.165) is 0 Å². The van der Waals surface area contributed by atoms with Crippen molar-refractivity contribution >= 4 is 0 Å². The molecule has 0 spiro atoms. The summed E-state index contributed by atoms with van der Waals surface area (Å²) in [5.41, 5.74) is 0. The number of rotatable bonds is 4. The molecular formula is C18H32O13. The second kappa shape index (κ2) is 9.77. The lowest BCUT2D eigenvalue weighted by molar-refractivity contribution is -0.373. The van der Waals surface area contributed by atoms with Crippen molar-refractivity contribution in [1.82, 2.24) is 0 Å². The minimum atomic E-state index is -1.68. The summed E-state index contributed by atoms with van der Waals surface area (Å²) < 4.78 is 26.9. The van der Waals surface area contributed by atoms with Gasteiger partial charge in [-0.3, -0.25) is 0 Å². The van der Waals surface area contributed by atoms with E-state index in [-0.39, 0.29) is 0 Å². The first-order chi connectivity index (χ1) is 14.4. The predicted octanol–water partition coefficient (Wildman–Crippen LogP) is -4.49. The van der Waals surface area contributed by atoms with Crippen LogP contribution in [0.3, 0.4) is 0 Å². The molecule has 3 saturated heterocycles. The quantitative estimate of drug-likeness (QED) is 0.201. The zero-order chi connectivity index (χ0) is 23.2. The van der Waals surface area contributed by atoms with Crippen molar-refractivity contribution in [3.05, 3.63) is 0 Å². The molecule has 13 heteroatoms. The molecule has 0 aromatic carbocycles. The third-order valence-electron chi connectivity index (χ3n) is 5.97. The molecule has 0 aromatic rings. The number of hydrogen-bond acceptors (Lipinski definition) is 13. The first-order valence-corrected chi connectivity index (χ1v) is 10.2. The fourth-order valence-electron chi connectivity index (χ4n) is 3.88. The van der Waals surface area contributed by atoms with E-state index in [9.17, 15) is 40.9 Å². The van der Waals surface area contributed by atoms with Gasteiger partial charge in [-0.25, -0.2) is 0 Å². The minimum absolute atomic E-state index is 0.889. The summed E-state index contributed by atoms with van der Waals surface area (Å²) in [5.74, 6) is 0. The summed E-state index contributed by atoms with van der Waals surface area (Å²) in [4.78, 5) is 0. The third kappa shape index (κ3) is 4.89. The molecule has 3 rings (SSSR count). The van der Waals surface area contributed by atoms with Crippen molar-refractivity contribution in [1.29, 1.82) is 0 Å². The van der Waals surface area contributed by atoms with Gasteiger partial charge in [0.25, 0.3) is 0 Å². The Morgan fingerprint density at radius 2 is 0.871 bits per heavy atom. The molecule has 0 radical (unpaired) electrons. The standard InChI is InChI=1S/C18H32O13/c1-4-7(19)10(22)11(23)17(28-4)31-15-9(21)6(3)29-18(13(15)25)30-14-8(20)5(2)27-16(26)12(14)24/h4-26H,1-3H3/t4-,5-,6-,7-,8-,9-,10+,11+,12+,13+,14+,15+,16+,17-,18-/m1/s1. The van der Waals surface area contributed by atoms with Gasteiger partial charge in [0, 0.05) is 0 Å². The third-order valence-corrected chi connectivity index (χ3v) is 5.97. The van der Waals surface area contributed by atoms with Crippen LogP contribution >= 0.6 is 0 Å². The number of aliphatic hydroxyl groups excluding tert-OH is 8. The van der Waals surface area contributed by atoms with Crippen LogP contribution in [-0.4, -0.2) is 133 Å². The van der Waals surface area contributed by atoms with E-state index in [1.54, 1.807) is 0 Å². The van der Waals surface area contributed by atoms with E-state index in [0.29, 0.717) is 0 Å². The van der Waals surface area contributed by atoms with Gasteiger partial charge in [0.05, 0.1) is 18.3 Å². The summed E-state index contributed by atoms with van der Waals surface area (Å²) >= 11 is 0. The first-order valence-electron chi connectivity index (χ1n) is 10.2. The van der Waals surface area contributed by atoms with E-state index in [1.165, 1.54) is 20.8 Å². The normalized spacial score (nSPS) is 56.4. The maximum Gasteiger partial charge on any atom is 0.187 e. The maximum atomic E-state index is 10.7. The van der Waals surface area contributed by atoms with Crippen LogP contribution in [0.25, 0.3) is 0 Å². The van der Waals surface area contributed by atoms with E-state index in [1.807, 2.05) is 0 Å². The molecule has 3 aliphatic rings. The van der Waals surface area contributed by atoms with Crippen molar-refractivity contribution in [2.75, 3.05) is 0 Å². The van der Waals surface area contributed by atoms with Gasteiger partial charge >= 0.3 is 0 Å². The molecule has 8 N–H and O–H groups in total. The van der Waals surface area contributed by atoms with Crippen LogP contribution in [0.15, 0.2) is 0 Å². The molecule has 182 valence electrons. The smallest absolute Gasteiger partial charge is 0.187 e. The van der Waals surface area contributed by atoms with E-state index >= 15 is 0 Å². The zero-order valence-electron chi connectivity index (χ0n) is 17.3. The van der Waals surface area contributed by atoms with Crippen LogP contribution in [0.1, 0.15) is 20.8 Å². The molecule has 0 saturated carbocycles. The Morgan fingerprint density at radius 3 is 1.42 bits per heavy atom. The summed E-state index contributed by atoms with van der Waals surface area (Å²) in [7, 11) is 0. The minimum Gasteiger partial charge on any atom is -0.388 e. The molecule has 15 atom stereocenters. The fourth-order valence-corrected chi connectivity index (χ4v) is 3.88. The van der Waals surface area contributed by atoms with Crippen LogP contribution in [0.4, 0.5) is 0 Å². The van der Waals surface area contributed by atoms with Crippen molar-refractivity contribution < 1.29 is 64.5 Å². The Bertz CT molecular complexity index is 581. The van der Waals surface area contributed by atoms with Crippen LogP contribution in [0.2, 0.25) is 0 Å². The predicted molar refractivity (Wildman–Crippen MR) is 97.0 cm³/mol. The van der Waals surface area contributed by atoms with Gasteiger partial charge in [-0.05, 0) is 20.8 Å². The molecule has 31 heavy (non-hydrogen) atoms. The molecule has 3 heterocycles. The van der Waals surface area contributed by atoms with Crippen molar-refractivity contribution in [3.63, 3.8) is 0 Å². The summed E-state index contributed by atoms with van der Waals surface area (Å²) in [6, 6.07) is 0. The van der Waals surface area contributed by atoms with Gasteiger partial charge in [0.2, 0.25) is 0 Å². The molecule has 0 amide bonds. The highest BCUT2D eigenvalue weighted by Gasteiger charge is 2.52. The fraction of sp³-hybridized carbons (Fsp3) is 1.00. The highest BCUT2D eigenvalue weighted by Crippen LogP contribution is 2.32. The van der Waals surface area contributed by atoms with Crippen molar-refractivity contribution in [2.45, 2.75) is 113 Å². The van der Waals surface area contributed by atoms with Gasteiger partial charge in [-0.15, -0.1) is 0 Å². The summed E-state index contributed by atoms with van der Waals surface area (Å²) in [6.45, 7) is 4.36. The Labute approximate surface area is 178 Å². The lowest BCUT2D eigenvalue weighted by Crippen LogP contribution is -2.65. The monoisotopic (exact) mass is 456 g/mol. The SMILES string of the molecule is C[C@H]1O[C@H](O[C@@H]2[C@H](O)[C@@H](O[C@H]3[C@H](O)[C@@H](C)O[C@H](O)[C@H]3O)O[C@H](C)[C@H]2O)[C@@H](O)[C@@H](O)[C@@H]1O. The maximum absolute atomic E-state index is 10.7. The van der Waals surface area contributed by atoms with E-state index in [2.05, 4.69) is 0 Å². The zero-order valence-corrected chi connectivity index (χ0v) is 17.3. The molecule has 0 bridgehead atoms. The Balaban J connectivity index is 1.73. The molecule has 3 aliphatic heterocycles. The summed E-state index contributed by atoms with van der Waals surface area (Å²) in [5, 5.41) is 81.2. The molecule has 0 aromatic heterocycles. The first kappa shape index (κ1) is 25.1. The number of hydrogen-bond donors (Lipinski definition) is 8. The molecule has 13 nitrogen and oxygen atoms in total. The molecule has 3 fully saturated rings. The van der Waals surface area contributed by atoms with Crippen molar-refractivity contribution in [3.8, 4) is 0 Å². The largest absolute Gasteiger partial charge is 0.388 e. The average molecular weight is 456 g/mol. The van der Waals surface area contributed by atoms with Gasteiger partial charge < -0.3 is 64.5 Å². The lowest BCUT2D eigenvalue weighted by Gasteiger charge is -2.47. The van der Waals surface area contributed by atoms with E-state index < -0.39 is 92.1 Å². The van der Waals surface area contributed by atoms with E-state index in [4.69, 9.17) is 23.7 Å². The van der Waals surface area contributed by atoms with Crippen LogP contribution in [-0.2, 0) is 23.7 Å². The second-order valence-corrected chi connectivity index (χ2v) is 8.29. The Kier molecular flexibility index (Phi) is 7.91. The van der Waals surface area contributed by atoms with Gasteiger partial charge in [-0.2, -0.15) is 0 Å². The van der Waals surface area contributed by atoms with Gasteiger partial charge in [0.15, 0.2) is 18.9 Å². The van der Waals surface area contributed by atoms with Crippen LogP contribution in [0.5, 0.6) is 0 Å². The van der Waals surface area contributed by atoms with Crippen LogP contribution < -0.4 is 0 Å². The highest BCUT2D eigenvalue weighted by molar-refractivity contribution is 4.94. The topological polar surface area (TPSA) is 208 Å². The Hall–Kier alpha value is -0.520. The molecular weight excluding hydrogens is 424 g/mol. The molecule has 0 aliphatic carbocycles. The lowest BCUT2D eigenvalue weighted by atomic mass is 9.96. The second-order valence-electron chi connectivity index (χ2n) is 8.29. The van der Waals surface area contributed by atoms with Crippen molar-refractivity contribution in [2.24, 2.45) is 0 Å². The van der Waals surface area contributed by atoms with Gasteiger partial charge in [0.1, 0.15) is 54.9 Å². The summed E-state index contributed by atoms with van der Waals surface area (Å²) in [6.07, 6.45) is -20.9. The van der Waals surface area contributed by atoms with Crippen LogP contribution in [0, 0.1) is 0 Å². The Morgan fingerprint density at radius 1 is 0.452 bits per heavy atom. The number of ether oxygens (including phenoxy) is 5.